The molecule has 0 spiro atoms. The summed E-state index contributed by atoms with van der Waals surface area (Å²) in [7, 11) is 0. The average molecular weight is 295 g/mol. The minimum atomic E-state index is -0.170. The van der Waals surface area contributed by atoms with Gasteiger partial charge in [-0.05, 0) is 31.0 Å². The largest absolute Gasteiger partial charge is 0.355 e. The van der Waals surface area contributed by atoms with Gasteiger partial charge in [0.2, 0.25) is 5.91 Å². The van der Waals surface area contributed by atoms with E-state index in [1.807, 2.05) is 24.3 Å². The number of carbonyl (C=O) groups is 1. The molecule has 0 saturated carbocycles. The molecule has 1 heterocycles. The molecule has 110 valence electrons. The van der Waals surface area contributed by atoms with Crippen molar-refractivity contribution in [2.75, 3.05) is 13.1 Å². The smallest absolute Gasteiger partial charge is 0.221 e. The Hall–Kier alpha value is -1.06. The average Bonchev–Trinajstić information content (AvgIpc) is 2.90. The van der Waals surface area contributed by atoms with E-state index in [4.69, 9.17) is 11.6 Å². The second-order valence-corrected chi connectivity index (χ2v) is 6.55. The number of rotatable bonds is 5. The first-order valence-corrected chi connectivity index (χ1v) is 7.62. The Morgan fingerprint density at radius 1 is 1.45 bits per heavy atom. The molecule has 4 heteroatoms. The minimum absolute atomic E-state index is 0.115. The van der Waals surface area contributed by atoms with E-state index >= 15 is 0 Å². The van der Waals surface area contributed by atoms with E-state index in [1.165, 1.54) is 6.42 Å². The van der Waals surface area contributed by atoms with Crippen LogP contribution in [-0.4, -0.2) is 25.0 Å². The molecule has 1 amide bonds. The molecule has 2 rings (SSSR count). The molecule has 1 aromatic carbocycles. The molecular weight excluding hydrogens is 272 g/mol. The highest BCUT2D eigenvalue weighted by molar-refractivity contribution is 6.31. The zero-order valence-electron chi connectivity index (χ0n) is 12.2. The molecule has 0 aromatic heterocycles. The van der Waals surface area contributed by atoms with Crippen LogP contribution in [0.4, 0.5) is 0 Å². The molecule has 20 heavy (non-hydrogen) atoms. The van der Waals surface area contributed by atoms with Crippen molar-refractivity contribution in [1.82, 2.24) is 10.6 Å². The SMILES string of the molecule is CC(C)(CNC(=O)CC1CCCN1)c1ccccc1Cl. The van der Waals surface area contributed by atoms with Gasteiger partial charge >= 0.3 is 0 Å². The second-order valence-electron chi connectivity index (χ2n) is 6.14. The van der Waals surface area contributed by atoms with Crippen molar-refractivity contribution in [3.8, 4) is 0 Å². The minimum Gasteiger partial charge on any atom is -0.355 e. The fraction of sp³-hybridized carbons (Fsp3) is 0.562. The molecule has 1 unspecified atom stereocenters. The zero-order valence-corrected chi connectivity index (χ0v) is 13.0. The summed E-state index contributed by atoms with van der Waals surface area (Å²) >= 11 is 6.24. The van der Waals surface area contributed by atoms with Gasteiger partial charge in [-0.15, -0.1) is 0 Å². The fourth-order valence-corrected chi connectivity index (χ4v) is 3.04. The maximum atomic E-state index is 12.0. The maximum Gasteiger partial charge on any atom is 0.221 e. The molecule has 0 bridgehead atoms. The number of benzene rings is 1. The first kappa shape index (κ1) is 15.3. The maximum absolute atomic E-state index is 12.0. The third-order valence-corrected chi connectivity index (χ3v) is 4.25. The summed E-state index contributed by atoms with van der Waals surface area (Å²) in [5.41, 5.74) is 0.901. The van der Waals surface area contributed by atoms with E-state index in [2.05, 4.69) is 24.5 Å². The van der Waals surface area contributed by atoms with Crippen LogP contribution in [0.25, 0.3) is 0 Å². The Bertz CT molecular complexity index is 467. The molecular formula is C16H23ClN2O. The molecule has 0 radical (unpaired) electrons. The summed E-state index contributed by atoms with van der Waals surface area (Å²) in [5, 5.41) is 7.14. The van der Waals surface area contributed by atoms with Gasteiger partial charge in [-0.3, -0.25) is 4.79 Å². The lowest BCUT2D eigenvalue weighted by molar-refractivity contribution is -0.121. The van der Waals surface area contributed by atoms with Crippen molar-refractivity contribution in [2.24, 2.45) is 0 Å². The second kappa shape index (κ2) is 6.59. The Morgan fingerprint density at radius 3 is 2.85 bits per heavy atom. The van der Waals surface area contributed by atoms with Crippen LogP contribution in [-0.2, 0) is 10.2 Å². The molecule has 1 aliphatic rings. The Balaban J connectivity index is 1.88. The van der Waals surface area contributed by atoms with Gasteiger partial charge in [-0.1, -0.05) is 43.6 Å². The Morgan fingerprint density at radius 2 is 2.20 bits per heavy atom. The summed E-state index contributed by atoms with van der Waals surface area (Å²) in [6.45, 7) is 5.83. The number of carbonyl (C=O) groups excluding carboxylic acids is 1. The highest BCUT2D eigenvalue weighted by Gasteiger charge is 2.24. The monoisotopic (exact) mass is 294 g/mol. The fourth-order valence-electron chi connectivity index (χ4n) is 2.65. The van der Waals surface area contributed by atoms with Crippen molar-refractivity contribution in [3.05, 3.63) is 34.9 Å². The van der Waals surface area contributed by atoms with Crippen molar-refractivity contribution < 1.29 is 4.79 Å². The van der Waals surface area contributed by atoms with Crippen LogP contribution in [0.3, 0.4) is 0 Å². The number of hydrogen-bond acceptors (Lipinski definition) is 2. The summed E-state index contributed by atoms with van der Waals surface area (Å²) in [6.07, 6.45) is 2.84. The van der Waals surface area contributed by atoms with E-state index in [9.17, 15) is 4.79 Å². The van der Waals surface area contributed by atoms with Crippen LogP contribution in [0, 0.1) is 0 Å². The molecule has 1 aromatic rings. The number of hydrogen-bond donors (Lipinski definition) is 2. The lowest BCUT2D eigenvalue weighted by Gasteiger charge is -2.27. The molecule has 3 nitrogen and oxygen atoms in total. The van der Waals surface area contributed by atoms with Crippen LogP contribution in [0.1, 0.15) is 38.7 Å². The van der Waals surface area contributed by atoms with Gasteiger partial charge in [0.1, 0.15) is 0 Å². The predicted molar refractivity (Wildman–Crippen MR) is 83.1 cm³/mol. The van der Waals surface area contributed by atoms with Gasteiger partial charge in [0.25, 0.3) is 0 Å². The van der Waals surface area contributed by atoms with Gasteiger partial charge in [-0.2, -0.15) is 0 Å². The first-order valence-electron chi connectivity index (χ1n) is 7.24. The van der Waals surface area contributed by atoms with Gasteiger partial charge < -0.3 is 10.6 Å². The first-order chi connectivity index (χ1) is 9.49. The van der Waals surface area contributed by atoms with Crippen LogP contribution >= 0.6 is 11.6 Å². The predicted octanol–water partition coefficient (Wildman–Crippen LogP) is 2.88. The van der Waals surface area contributed by atoms with Crippen LogP contribution < -0.4 is 10.6 Å². The third-order valence-electron chi connectivity index (χ3n) is 3.92. The van der Waals surface area contributed by atoms with Crippen LogP contribution in [0.15, 0.2) is 24.3 Å². The number of amides is 1. The van der Waals surface area contributed by atoms with Crippen molar-refractivity contribution in [3.63, 3.8) is 0 Å². The number of nitrogens with one attached hydrogen (secondary N) is 2. The normalized spacial score (nSPS) is 19.1. The van der Waals surface area contributed by atoms with Crippen LogP contribution in [0.5, 0.6) is 0 Å². The van der Waals surface area contributed by atoms with Crippen molar-refractivity contribution in [1.29, 1.82) is 0 Å². The topological polar surface area (TPSA) is 41.1 Å². The Labute approximate surface area is 126 Å². The van der Waals surface area contributed by atoms with Gasteiger partial charge in [0.15, 0.2) is 0 Å². The lowest BCUT2D eigenvalue weighted by atomic mass is 9.84. The van der Waals surface area contributed by atoms with E-state index in [0.29, 0.717) is 19.0 Å². The van der Waals surface area contributed by atoms with E-state index in [1.54, 1.807) is 0 Å². The van der Waals surface area contributed by atoms with Crippen molar-refractivity contribution in [2.45, 2.75) is 44.6 Å². The van der Waals surface area contributed by atoms with E-state index < -0.39 is 0 Å². The van der Waals surface area contributed by atoms with Crippen LogP contribution in [0.2, 0.25) is 5.02 Å². The standard InChI is InChI=1S/C16H23ClN2O/c1-16(2,13-7-3-4-8-14(13)17)11-19-15(20)10-12-6-5-9-18-12/h3-4,7-8,12,18H,5-6,9-11H2,1-2H3,(H,19,20). The highest BCUT2D eigenvalue weighted by atomic mass is 35.5. The van der Waals surface area contributed by atoms with E-state index in [0.717, 1.165) is 23.6 Å². The zero-order chi connectivity index (χ0) is 14.6. The third kappa shape index (κ3) is 3.97. The van der Waals surface area contributed by atoms with Crippen molar-refractivity contribution >= 4 is 17.5 Å². The Kier molecular flexibility index (Phi) is 5.06. The summed E-state index contributed by atoms with van der Waals surface area (Å²) in [6, 6.07) is 8.16. The molecule has 2 N–H and O–H groups in total. The molecule has 1 aliphatic heterocycles. The molecule has 1 saturated heterocycles. The lowest BCUT2D eigenvalue weighted by Crippen LogP contribution is -2.39. The summed E-state index contributed by atoms with van der Waals surface area (Å²) in [4.78, 5) is 12.0. The molecule has 0 aliphatic carbocycles. The molecule has 1 fully saturated rings. The van der Waals surface area contributed by atoms with Gasteiger partial charge in [0, 0.05) is 29.4 Å². The van der Waals surface area contributed by atoms with Gasteiger partial charge in [0.05, 0.1) is 0 Å². The summed E-state index contributed by atoms with van der Waals surface area (Å²) in [5.74, 6) is 0.115. The quantitative estimate of drug-likeness (QED) is 0.877. The number of halogens is 1. The van der Waals surface area contributed by atoms with Gasteiger partial charge in [-0.25, -0.2) is 0 Å². The molecule has 1 atom stereocenters. The van der Waals surface area contributed by atoms with E-state index in [-0.39, 0.29) is 11.3 Å². The highest BCUT2D eigenvalue weighted by Crippen LogP contribution is 2.29. The summed E-state index contributed by atoms with van der Waals surface area (Å²) < 4.78 is 0.